The highest BCUT2D eigenvalue weighted by atomic mass is 16.2. The van der Waals surface area contributed by atoms with E-state index in [-0.39, 0.29) is 24.4 Å². The Labute approximate surface area is 107 Å². The number of nitriles is 1. The van der Waals surface area contributed by atoms with Gasteiger partial charge in [-0.1, -0.05) is 12.1 Å². The second-order valence-electron chi connectivity index (χ2n) is 4.78. The molecule has 1 aromatic rings. The van der Waals surface area contributed by atoms with Gasteiger partial charge in [0.05, 0.1) is 12.5 Å². The number of nitrogens with one attached hydrogen (secondary N) is 1. The predicted octanol–water partition coefficient (Wildman–Crippen LogP) is 1.60. The number of anilines is 1. The van der Waals surface area contributed by atoms with Crippen molar-refractivity contribution >= 4 is 11.6 Å². The highest BCUT2D eigenvalue weighted by Gasteiger charge is 2.32. The van der Waals surface area contributed by atoms with E-state index in [1.165, 1.54) is 0 Å². The molecule has 1 aliphatic heterocycles. The van der Waals surface area contributed by atoms with Crippen molar-refractivity contribution < 1.29 is 4.79 Å². The van der Waals surface area contributed by atoms with Crippen molar-refractivity contribution in [1.29, 1.82) is 5.26 Å². The average Bonchev–Trinajstić information content (AvgIpc) is 2.32. The molecular formula is C14H17N3O. The van der Waals surface area contributed by atoms with Crippen LogP contribution in [0, 0.1) is 18.3 Å². The first-order valence-electron chi connectivity index (χ1n) is 6.12. The lowest BCUT2D eigenvalue weighted by atomic mass is 10.0. The lowest BCUT2D eigenvalue weighted by molar-refractivity contribution is -0.124. The molecule has 4 nitrogen and oxygen atoms in total. The van der Waals surface area contributed by atoms with Crippen molar-refractivity contribution in [3.8, 4) is 6.07 Å². The molecule has 2 rings (SSSR count). The van der Waals surface area contributed by atoms with Crippen LogP contribution in [0.1, 0.15) is 18.9 Å². The fourth-order valence-corrected chi connectivity index (χ4v) is 2.33. The molecule has 1 amide bonds. The van der Waals surface area contributed by atoms with Crippen molar-refractivity contribution in [2.45, 2.75) is 32.4 Å². The lowest BCUT2D eigenvalue weighted by Gasteiger charge is -2.39. The first-order valence-corrected chi connectivity index (χ1v) is 6.12. The molecule has 0 aliphatic carbocycles. The normalized spacial score (nSPS) is 23.4. The van der Waals surface area contributed by atoms with Crippen LogP contribution in [-0.4, -0.2) is 24.5 Å². The molecule has 0 radical (unpaired) electrons. The van der Waals surface area contributed by atoms with E-state index in [4.69, 9.17) is 5.26 Å². The SMILES string of the molecule is Cc1cccc(N2CC(C)NC(=O)C2CC#N)c1. The monoisotopic (exact) mass is 243 g/mol. The number of carbonyl (C=O) groups is 1. The van der Waals surface area contributed by atoms with E-state index in [1.54, 1.807) is 0 Å². The first kappa shape index (κ1) is 12.4. The summed E-state index contributed by atoms with van der Waals surface area (Å²) >= 11 is 0. The third-order valence-electron chi connectivity index (χ3n) is 3.16. The van der Waals surface area contributed by atoms with Gasteiger partial charge in [-0.3, -0.25) is 4.79 Å². The Balaban J connectivity index is 2.32. The highest BCUT2D eigenvalue weighted by Crippen LogP contribution is 2.22. The van der Waals surface area contributed by atoms with Crippen molar-refractivity contribution in [3.05, 3.63) is 29.8 Å². The van der Waals surface area contributed by atoms with Crippen molar-refractivity contribution in [1.82, 2.24) is 5.32 Å². The van der Waals surface area contributed by atoms with Crippen LogP contribution in [0.5, 0.6) is 0 Å². The first-order chi connectivity index (χ1) is 8.61. The largest absolute Gasteiger partial charge is 0.357 e. The minimum Gasteiger partial charge on any atom is -0.357 e. The summed E-state index contributed by atoms with van der Waals surface area (Å²) in [5.74, 6) is -0.0585. The average molecular weight is 243 g/mol. The van der Waals surface area contributed by atoms with Crippen molar-refractivity contribution in [3.63, 3.8) is 0 Å². The Morgan fingerprint density at radius 3 is 3.00 bits per heavy atom. The maximum absolute atomic E-state index is 12.0. The minimum absolute atomic E-state index is 0.0585. The van der Waals surface area contributed by atoms with E-state index in [1.807, 2.05) is 36.9 Å². The Hall–Kier alpha value is -2.02. The molecule has 1 heterocycles. The number of benzene rings is 1. The summed E-state index contributed by atoms with van der Waals surface area (Å²) < 4.78 is 0. The Morgan fingerprint density at radius 1 is 1.56 bits per heavy atom. The van der Waals surface area contributed by atoms with E-state index in [0.717, 1.165) is 17.8 Å². The molecule has 0 bridgehead atoms. The number of rotatable bonds is 2. The minimum atomic E-state index is -0.381. The van der Waals surface area contributed by atoms with Gasteiger partial charge in [-0.2, -0.15) is 5.26 Å². The van der Waals surface area contributed by atoms with Crippen LogP contribution in [0.2, 0.25) is 0 Å². The zero-order valence-electron chi connectivity index (χ0n) is 10.7. The summed E-state index contributed by atoms with van der Waals surface area (Å²) in [5.41, 5.74) is 2.17. The maximum Gasteiger partial charge on any atom is 0.244 e. The summed E-state index contributed by atoms with van der Waals surface area (Å²) in [6.45, 7) is 4.74. The fourth-order valence-electron chi connectivity index (χ4n) is 2.33. The van der Waals surface area contributed by atoms with Gasteiger partial charge in [0.15, 0.2) is 0 Å². The van der Waals surface area contributed by atoms with Crippen molar-refractivity contribution in [2.75, 3.05) is 11.4 Å². The van der Waals surface area contributed by atoms with Crippen molar-refractivity contribution in [2.24, 2.45) is 0 Å². The molecule has 1 aliphatic rings. The number of amides is 1. The number of piperazine rings is 1. The molecule has 0 spiro atoms. The van der Waals surface area contributed by atoms with Crippen LogP contribution < -0.4 is 10.2 Å². The van der Waals surface area contributed by atoms with E-state index in [0.29, 0.717) is 0 Å². The molecule has 2 unspecified atom stereocenters. The van der Waals surface area contributed by atoms with E-state index >= 15 is 0 Å². The molecule has 0 saturated carbocycles. The van der Waals surface area contributed by atoms with Crippen LogP contribution in [0.4, 0.5) is 5.69 Å². The van der Waals surface area contributed by atoms with Crippen LogP contribution in [0.25, 0.3) is 0 Å². The van der Waals surface area contributed by atoms with Crippen LogP contribution >= 0.6 is 0 Å². The van der Waals surface area contributed by atoms with E-state index in [2.05, 4.69) is 17.5 Å². The number of aryl methyl sites for hydroxylation is 1. The zero-order chi connectivity index (χ0) is 13.1. The smallest absolute Gasteiger partial charge is 0.244 e. The van der Waals surface area contributed by atoms with Gasteiger partial charge in [0.2, 0.25) is 5.91 Å². The molecule has 1 N–H and O–H groups in total. The second kappa shape index (κ2) is 5.09. The quantitative estimate of drug-likeness (QED) is 0.858. The Bertz CT molecular complexity index is 492. The number of carbonyl (C=O) groups excluding carboxylic acids is 1. The van der Waals surface area contributed by atoms with Gasteiger partial charge in [0.1, 0.15) is 6.04 Å². The molecule has 4 heteroatoms. The van der Waals surface area contributed by atoms with Gasteiger partial charge >= 0.3 is 0 Å². The fraction of sp³-hybridized carbons (Fsp3) is 0.429. The Kier molecular flexibility index (Phi) is 3.52. The lowest BCUT2D eigenvalue weighted by Crippen LogP contribution is -2.59. The third-order valence-corrected chi connectivity index (χ3v) is 3.16. The highest BCUT2D eigenvalue weighted by molar-refractivity contribution is 5.87. The second-order valence-corrected chi connectivity index (χ2v) is 4.78. The van der Waals surface area contributed by atoms with Crippen LogP contribution in [0.3, 0.4) is 0 Å². The molecule has 1 aromatic carbocycles. The summed E-state index contributed by atoms with van der Waals surface area (Å²) in [7, 11) is 0. The van der Waals surface area contributed by atoms with Gasteiger partial charge in [0, 0.05) is 18.3 Å². The Morgan fingerprint density at radius 2 is 2.33 bits per heavy atom. The topological polar surface area (TPSA) is 56.1 Å². The van der Waals surface area contributed by atoms with Gasteiger partial charge in [-0.15, -0.1) is 0 Å². The molecule has 2 atom stereocenters. The molecule has 1 fully saturated rings. The van der Waals surface area contributed by atoms with E-state index < -0.39 is 0 Å². The van der Waals surface area contributed by atoms with Gasteiger partial charge in [0.25, 0.3) is 0 Å². The molecule has 18 heavy (non-hydrogen) atoms. The van der Waals surface area contributed by atoms with Gasteiger partial charge in [-0.05, 0) is 31.5 Å². The molecule has 94 valence electrons. The maximum atomic E-state index is 12.0. The van der Waals surface area contributed by atoms with Gasteiger partial charge < -0.3 is 10.2 Å². The summed E-state index contributed by atoms with van der Waals surface area (Å²) in [6.07, 6.45) is 0.215. The van der Waals surface area contributed by atoms with Crippen LogP contribution in [-0.2, 0) is 4.79 Å². The van der Waals surface area contributed by atoms with Gasteiger partial charge in [-0.25, -0.2) is 0 Å². The number of nitrogens with zero attached hydrogens (tertiary/aromatic N) is 2. The van der Waals surface area contributed by atoms with Crippen LogP contribution in [0.15, 0.2) is 24.3 Å². The zero-order valence-corrected chi connectivity index (χ0v) is 10.7. The summed E-state index contributed by atoms with van der Waals surface area (Å²) in [5, 5.41) is 11.8. The van der Waals surface area contributed by atoms with E-state index in [9.17, 15) is 4.79 Å². The predicted molar refractivity (Wildman–Crippen MR) is 70.1 cm³/mol. The number of hydrogen-bond acceptors (Lipinski definition) is 3. The number of hydrogen-bond donors (Lipinski definition) is 1. The molecule has 0 aromatic heterocycles. The summed E-state index contributed by atoms with van der Waals surface area (Å²) in [4.78, 5) is 14.0. The standard InChI is InChI=1S/C14H17N3O/c1-10-4-3-5-12(8-10)17-9-11(2)16-14(18)13(17)6-7-15/h3-5,8,11,13H,6,9H2,1-2H3,(H,16,18). The molecule has 1 saturated heterocycles. The third kappa shape index (κ3) is 2.45. The summed E-state index contributed by atoms with van der Waals surface area (Å²) in [6, 6.07) is 9.86. The molecular weight excluding hydrogens is 226 g/mol.